The van der Waals surface area contributed by atoms with Crippen LogP contribution in [0.15, 0.2) is 36.4 Å². The fourth-order valence-electron chi connectivity index (χ4n) is 4.40. The number of nitrogens with zero attached hydrogens (tertiary/aromatic N) is 1. The third-order valence-corrected chi connectivity index (χ3v) is 5.79. The van der Waals surface area contributed by atoms with Crippen molar-refractivity contribution in [2.24, 2.45) is 0 Å². The van der Waals surface area contributed by atoms with E-state index in [4.69, 9.17) is 9.47 Å². The summed E-state index contributed by atoms with van der Waals surface area (Å²) in [5.41, 5.74) is 2.96. The molecule has 2 atom stereocenters. The van der Waals surface area contributed by atoms with Gasteiger partial charge in [-0.1, -0.05) is 6.07 Å². The number of halogens is 1. The van der Waals surface area contributed by atoms with Crippen LogP contribution >= 0.6 is 0 Å². The summed E-state index contributed by atoms with van der Waals surface area (Å²) in [7, 11) is 3.27. The third kappa shape index (κ3) is 3.39. The van der Waals surface area contributed by atoms with Crippen molar-refractivity contribution in [3.8, 4) is 11.5 Å². The van der Waals surface area contributed by atoms with E-state index in [1.165, 1.54) is 6.07 Å². The highest BCUT2D eigenvalue weighted by molar-refractivity contribution is 5.76. The fraction of sp³-hybridized carbons (Fsp3) is 0.409. The number of rotatable bonds is 4. The van der Waals surface area contributed by atoms with Gasteiger partial charge in [-0.2, -0.15) is 0 Å². The number of hydrogen-bond donors (Lipinski definition) is 1. The van der Waals surface area contributed by atoms with Gasteiger partial charge in [0.25, 0.3) is 0 Å². The number of aryl methyl sites for hydroxylation is 1. The van der Waals surface area contributed by atoms with Gasteiger partial charge < -0.3 is 19.7 Å². The van der Waals surface area contributed by atoms with Gasteiger partial charge in [-0.05, 0) is 67.1 Å². The van der Waals surface area contributed by atoms with Gasteiger partial charge in [-0.25, -0.2) is 9.18 Å². The Bertz CT molecular complexity index is 886. The van der Waals surface area contributed by atoms with Crippen LogP contribution in [-0.2, 0) is 6.42 Å². The first-order valence-corrected chi connectivity index (χ1v) is 9.68. The number of likely N-dealkylation sites (tertiary alicyclic amines) is 1. The lowest BCUT2D eigenvalue weighted by molar-refractivity contribution is 0.188. The van der Waals surface area contributed by atoms with Crippen LogP contribution in [0.25, 0.3) is 0 Å². The van der Waals surface area contributed by atoms with E-state index in [2.05, 4.69) is 5.32 Å². The molecule has 0 saturated carbocycles. The number of methoxy groups -OCH3 is 2. The summed E-state index contributed by atoms with van der Waals surface area (Å²) in [6, 6.07) is 10.3. The number of benzene rings is 2. The molecule has 2 amide bonds. The molecular formula is C22H25FN2O3. The molecule has 2 unspecified atom stereocenters. The molecule has 1 N–H and O–H groups in total. The number of fused-ring (bicyclic) bond motifs is 1. The molecule has 2 aromatic rings. The van der Waals surface area contributed by atoms with Crippen LogP contribution in [0.4, 0.5) is 9.18 Å². The molecule has 6 heteroatoms. The molecule has 28 heavy (non-hydrogen) atoms. The monoisotopic (exact) mass is 384 g/mol. The summed E-state index contributed by atoms with van der Waals surface area (Å²) in [5.74, 6) is 1.28. The van der Waals surface area contributed by atoms with Gasteiger partial charge in [-0.3, -0.25) is 0 Å². The number of ether oxygens (including phenoxy) is 2. The Kier molecular flexibility index (Phi) is 5.11. The zero-order valence-electron chi connectivity index (χ0n) is 16.2. The van der Waals surface area contributed by atoms with E-state index >= 15 is 0 Å². The number of nitrogens with one attached hydrogen (secondary N) is 1. The number of hydrogen-bond acceptors (Lipinski definition) is 3. The van der Waals surface area contributed by atoms with Crippen LogP contribution < -0.4 is 14.8 Å². The van der Waals surface area contributed by atoms with Gasteiger partial charge in [0.05, 0.1) is 26.3 Å². The van der Waals surface area contributed by atoms with Crippen LogP contribution in [0.2, 0.25) is 0 Å². The summed E-state index contributed by atoms with van der Waals surface area (Å²) in [6.07, 6.45) is 3.39. The Morgan fingerprint density at radius 1 is 1.11 bits per heavy atom. The Morgan fingerprint density at radius 2 is 1.96 bits per heavy atom. The minimum absolute atomic E-state index is 0.0564. The van der Waals surface area contributed by atoms with E-state index in [1.807, 2.05) is 23.1 Å². The van der Waals surface area contributed by atoms with Crippen molar-refractivity contribution in [1.82, 2.24) is 10.2 Å². The SMILES string of the molecule is COc1ccc(OC)c(C2CCCN2C(=O)NC2CCc3cc(F)ccc32)c1. The first kappa shape index (κ1) is 18.6. The van der Waals surface area contributed by atoms with E-state index in [0.29, 0.717) is 6.54 Å². The summed E-state index contributed by atoms with van der Waals surface area (Å²) in [5, 5.41) is 3.15. The molecule has 148 valence electrons. The Balaban J connectivity index is 1.54. The van der Waals surface area contributed by atoms with E-state index in [9.17, 15) is 9.18 Å². The van der Waals surface area contributed by atoms with E-state index < -0.39 is 0 Å². The van der Waals surface area contributed by atoms with Crippen molar-refractivity contribution in [3.05, 3.63) is 58.9 Å². The maximum Gasteiger partial charge on any atom is 0.318 e. The zero-order valence-corrected chi connectivity index (χ0v) is 16.2. The second kappa shape index (κ2) is 7.70. The van der Waals surface area contributed by atoms with Crippen LogP contribution in [0.5, 0.6) is 11.5 Å². The topological polar surface area (TPSA) is 50.8 Å². The lowest BCUT2D eigenvalue weighted by atomic mass is 10.0. The third-order valence-electron chi connectivity index (χ3n) is 5.79. The molecule has 0 radical (unpaired) electrons. The van der Waals surface area contributed by atoms with Gasteiger partial charge in [0.1, 0.15) is 17.3 Å². The molecule has 1 aliphatic heterocycles. The molecule has 1 saturated heterocycles. The van der Waals surface area contributed by atoms with Crippen molar-refractivity contribution in [3.63, 3.8) is 0 Å². The fourth-order valence-corrected chi connectivity index (χ4v) is 4.40. The molecule has 5 nitrogen and oxygen atoms in total. The van der Waals surface area contributed by atoms with Crippen LogP contribution in [0.3, 0.4) is 0 Å². The maximum atomic E-state index is 13.5. The minimum Gasteiger partial charge on any atom is -0.497 e. The normalized spacial score (nSPS) is 20.8. The molecule has 0 aromatic heterocycles. The second-order valence-electron chi connectivity index (χ2n) is 7.34. The Morgan fingerprint density at radius 3 is 2.75 bits per heavy atom. The lowest BCUT2D eigenvalue weighted by Gasteiger charge is -2.28. The van der Waals surface area contributed by atoms with Crippen LogP contribution in [0.1, 0.15) is 48.0 Å². The van der Waals surface area contributed by atoms with Gasteiger partial charge in [0.2, 0.25) is 0 Å². The minimum atomic E-state index is -0.226. The largest absolute Gasteiger partial charge is 0.497 e. The highest BCUT2D eigenvalue weighted by atomic mass is 19.1. The standard InChI is InChI=1S/C22H25FN2O3/c1-27-16-7-10-21(28-2)18(13-16)20-4-3-11-25(20)22(26)24-19-9-5-14-12-15(23)6-8-17(14)19/h6-8,10,12-13,19-20H,3-5,9,11H2,1-2H3,(H,24,26). The van der Waals surface area contributed by atoms with Crippen molar-refractivity contribution in [1.29, 1.82) is 0 Å². The molecule has 2 aromatic carbocycles. The van der Waals surface area contributed by atoms with Crippen molar-refractivity contribution < 1.29 is 18.7 Å². The summed E-state index contributed by atoms with van der Waals surface area (Å²) >= 11 is 0. The first-order chi connectivity index (χ1) is 13.6. The molecule has 1 fully saturated rings. The predicted octanol–water partition coefficient (Wildman–Crippen LogP) is 4.38. The zero-order chi connectivity index (χ0) is 19.7. The molecule has 1 aliphatic carbocycles. The van der Waals surface area contributed by atoms with Crippen molar-refractivity contribution >= 4 is 6.03 Å². The molecular weight excluding hydrogens is 359 g/mol. The molecule has 0 bridgehead atoms. The summed E-state index contributed by atoms with van der Waals surface area (Å²) in [6.45, 7) is 0.694. The first-order valence-electron chi connectivity index (χ1n) is 9.68. The molecule has 0 spiro atoms. The smallest absolute Gasteiger partial charge is 0.318 e. The number of carbonyl (C=O) groups excluding carboxylic acids is 1. The van der Waals surface area contributed by atoms with Gasteiger partial charge in [0.15, 0.2) is 0 Å². The molecule has 2 aliphatic rings. The highest BCUT2D eigenvalue weighted by Crippen LogP contribution is 2.39. The average molecular weight is 384 g/mol. The summed E-state index contributed by atoms with van der Waals surface area (Å²) < 4.78 is 24.3. The number of amides is 2. The quantitative estimate of drug-likeness (QED) is 0.851. The Hall–Kier alpha value is -2.76. The van der Waals surface area contributed by atoms with Gasteiger partial charge in [0, 0.05) is 12.1 Å². The van der Waals surface area contributed by atoms with Crippen molar-refractivity contribution in [2.75, 3.05) is 20.8 Å². The van der Waals surface area contributed by atoms with Crippen molar-refractivity contribution in [2.45, 2.75) is 37.8 Å². The van der Waals surface area contributed by atoms with E-state index in [-0.39, 0.29) is 23.9 Å². The van der Waals surface area contributed by atoms with Gasteiger partial charge >= 0.3 is 6.03 Å². The van der Waals surface area contributed by atoms with Crippen LogP contribution in [-0.4, -0.2) is 31.7 Å². The number of carbonyl (C=O) groups is 1. The van der Waals surface area contributed by atoms with Crippen LogP contribution in [0, 0.1) is 5.82 Å². The Labute approximate surface area is 164 Å². The van der Waals surface area contributed by atoms with E-state index in [0.717, 1.165) is 53.9 Å². The van der Waals surface area contributed by atoms with Gasteiger partial charge in [-0.15, -0.1) is 0 Å². The maximum absolute atomic E-state index is 13.5. The van der Waals surface area contributed by atoms with E-state index in [1.54, 1.807) is 26.4 Å². The summed E-state index contributed by atoms with van der Waals surface area (Å²) in [4.78, 5) is 15.0. The lowest BCUT2D eigenvalue weighted by Crippen LogP contribution is -2.40. The average Bonchev–Trinajstić information content (AvgIpc) is 3.34. The molecule has 1 heterocycles. The number of urea groups is 1. The second-order valence-corrected chi connectivity index (χ2v) is 7.34. The highest BCUT2D eigenvalue weighted by Gasteiger charge is 2.34. The molecule has 4 rings (SSSR count). The predicted molar refractivity (Wildman–Crippen MR) is 104 cm³/mol.